The molecule has 7 heteroatoms. The van der Waals surface area contributed by atoms with E-state index in [0.717, 1.165) is 25.2 Å². The zero-order chi connectivity index (χ0) is 15.2. The molecule has 1 N–H and O–H groups in total. The molecule has 0 aromatic heterocycles. The van der Waals surface area contributed by atoms with Gasteiger partial charge in [0.05, 0.1) is 30.8 Å². The van der Waals surface area contributed by atoms with Crippen molar-refractivity contribution in [3.8, 4) is 5.75 Å². The Bertz CT molecular complexity index is 493. The maximum absolute atomic E-state index is 11.0. The molecule has 1 aliphatic heterocycles. The van der Waals surface area contributed by atoms with Crippen molar-refractivity contribution in [1.29, 1.82) is 0 Å². The molecule has 1 aliphatic rings. The summed E-state index contributed by atoms with van der Waals surface area (Å²) in [5, 5.41) is 14.1. The van der Waals surface area contributed by atoms with Crippen molar-refractivity contribution in [2.24, 2.45) is 0 Å². The van der Waals surface area contributed by atoms with Gasteiger partial charge in [-0.15, -0.1) is 0 Å². The molecule has 1 atom stereocenters. The van der Waals surface area contributed by atoms with E-state index in [1.165, 1.54) is 13.2 Å². The first kappa shape index (κ1) is 15.7. The van der Waals surface area contributed by atoms with Crippen molar-refractivity contribution in [2.75, 3.05) is 40.4 Å². The quantitative estimate of drug-likeness (QED) is 0.624. The zero-order valence-corrected chi connectivity index (χ0v) is 12.4. The average Bonchev–Trinajstić information content (AvgIpc) is 2.47. The first-order chi connectivity index (χ1) is 10.1. The number of likely N-dealkylation sites (N-methyl/N-ethyl adjacent to an activating group) is 1. The van der Waals surface area contributed by atoms with E-state index in [1.54, 1.807) is 6.07 Å². The average molecular weight is 295 g/mol. The van der Waals surface area contributed by atoms with Crippen molar-refractivity contribution in [1.82, 2.24) is 10.2 Å². The van der Waals surface area contributed by atoms with Crippen LogP contribution in [0.15, 0.2) is 18.2 Å². The Kier molecular flexibility index (Phi) is 5.49. The molecule has 0 saturated carbocycles. The Hall–Kier alpha value is -1.70. The lowest BCUT2D eigenvalue weighted by molar-refractivity contribution is -0.385. The number of nitro benzene ring substituents is 1. The van der Waals surface area contributed by atoms with Crippen LogP contribution in [0, 0.1) is 10.1 Å². The molecule has 0 bridgehead atoms. The first-order valence-electron chi connectivity index (χ1n) is 6.93. The lowest BCUT2D eigenvalue weighted by Crippen LogP contribution is -2.45. The number of hydrogen-bond acceptors (Lipinski definition) is 6. The van der Waals surface area contributed by atoms with Gasteiger partial charge in [-0.3, -0.25) is 15.0 Å². The molecule has 0 aliphatic carbocycles. The molecule has 1 fully saturated rings. The highest BCUT2D eigenvalue weighted by atomic mass is 16.6. The number of ether oxygens (including phenoxy) is 2. The molecular weight excluding hydrogens is 274 g/mol. The monoisotopic (exact) mass is 295 g/mol. The minimum absolute atomic E-state index is 0.0596. The minimum Gasteiger partial charge on any atom is -0.496 e. The molecule has 2 rings (SSSR count). The summed E-state index contributed by atoms with van der Waals surface area (Å²) in [6.45, 7) is 3.77. The Morgan fingerprint density at radius 2 is 2.33 bits per heavy atom. The van der Waals surface area contributed by atoms with Gasteiger partial charge in [-0.1, -0.05) is 0 Å². The smallest absolute Gasteiger partial charge is 0.273 e. The van der Waals surface area contributed by atoms with E-state index in [-0.39, 0.29) is 11.8 Å². The van der Waals surface area contributed by atoms with Crippen LogP contribution >= 0.6 is 0 Å². The second-order valence-corrected chi connectivity index (χ2v) is 5.08. The van der Waals surface area contributed by atoms with Gasteiger partial charge in [-0.05, 0) is 18.7 Å². The van der Waals surface area contributed by atoms with Gasteiger partial charge in [0.15, 0.2) is 0 Å². The van der Waals surface area contributed by atoms with Crippen LogP contribution in [-0.4, -0.2) is 56.3 Å². The highest BCUT2D eigenvalue weighted by Gasteiger charge is 2.21. The van der Waals surface area contributed by atoms with Crippen LogP contribution in [0.3, 0.4) is 0 Å². The van der Waals surface area contributed by atoms with E-state index in [1.807, 2.05) is 13.1 Å². The van der Waals surface area contributed by atoms with E-state index >= 15 is 0 Å². The van der Waals surface area contributed by atoms with Crippen LogP contribution in [-0.2, 0) is 11.3 Å². The Morgan fingerprint density at radius 1 is 1.52 bits per heavy atom. The van der Waals surface area contributed by atoms with Crippen molar-refractivity contribution in [3.05, 3.63) is 33.9 Å². The van der Waals surface area contributed by atoms with Crippen molar-refractivity contribution in [3.63, 3.8) is 0 Å². The molecule has 116 valence electrons. The van der Waals surface area contributed by atoms with Crippen LogP contribution in [0.2, 0.25) is 0 Å². The molecule has 0 amide bonds. The minimum atomic E-state index is -0.394. The number of hydrogen-bond donors (Lipinski definition) is 1. The van der Waals surface area contributed by atoms with Gasteiger partial charge in [0, 0.05) is 32.2 Å². The fourth-order valence-corrected chi connectivity index (χ4v) is 2.49. The number of morpholine rings is 1. The third-order valence-electron chi connectivity index (χ3n) is 3.46. The molecule has 1 unspecified atom stereocenters. The predicted octanol–water partition coefficient (Wildman–Crippen LogP) is 1.02. The summed E-state index contributed by atoms with van der Waals surface area (Å²) in [6, 6.07) is 4.88. The summed E-state index contributed by atoms with van der Waals surface area (Å²) in [7, 11) is 3.41. The molecule has 1 aromatic carbocycles. The largest absolute Gasteiger partial charge is 0.496 e. The molecule has 1 saturated heterocycles. The topological polar surface area (TPSA) is 76.9 Å². The van der Waals surface area contributed by atoms with E-state index in [9.17, 15) is 10.1 Å². The summed E-state index contributed by atoms with van der Waals surface area (Å²) in [5.41, 5.74) is 0.940. The van der Waals surface area contributed by atoms with E-state index in [2.05, 4.69) is 10.2 Å². The maximum atomic E-state index is 11.0. The first-order valence-corrected chi connectivity index (χ1v) is 6.93. The summed E-state index contributed by atoms with van der Waals surface area (Å²) < 4.78 is 10.8. The lowest BCUT2D eigenvalue weighted by Gasteiger charge is -2.32. The second kappa shape index (κ2) is 7.35. The van der Waals surface area contributed by atoms with E-state index < -0.39 is 4.92 Å². The molecule has 0 spiro atoms. The van der Waals surface area contributed by atoms with Crippen LogP contribution in [0.5, 0.6) is 5.75 Å². The third kappa shape index (κ3) is 4.38. The summed E-state index contributed by atoms with van der Waals surface area (Å²) in [4.78, 5) is 12.8. The third-order valence-corrected chi connectivity index (χ3v) is 3.46. The maximum Gasteiger partial charge on any atom is 0.273 e. The van der Waals surface area contributed by atoms with E-state index in [4.69, 9.17) is 9.47 Å². The fourth-order valence-electron chi connectivity index (χ4n) is 2.49. The van der Waals surface area contributed by atoms with Gasteiger partial charge in [-0.2, -0.15) is 0 Å². The van der Waals surface area contributed by atoms with Gasteiger partial charge in [0.1, 0.15) is 5.75 Å². The van der Waals surface area contributed by atoms with Gasteiger partial charge in [0.2, 0.25) is 0 Å². The van der Waals surface area contributed by atoms with Crippen molar-refractivity contribution < 1.29 is 14.4 Å². The normalized spacial score (nSPS) is 19.4. The van der Waals surface area contributed by atoms with Crippen LogP contribution in [0.1, 0.15) is 5.56 Å². The fraction of sp³-hybridized carbons (Fsp3) is 0.571. The molecular formula is C14H21N3O4. The van der Waals surface area contributed by atoms with Gasteiger partial charge in [-0.25, -0.2) is 0 Å². The van der Waals surface area contributed by atoms with Crippen LogP contribution in [0.25, 0.3) is 0 Å². The number of nitrogens with one attached hydrogen (secondary N) is 1. The molecule has 7 nitrogen and oxygen atoms in total. The molecule has 1 aromatic rings. The number of methoxy groups -OCH3 is 1. The summed E-state index contributed by atoms with van der Waals surface area (Å²) in [6.07, 6.45) is 0.157. The Balaban J connectivity index is 2.07. The second-order valence-electron chi connectivity index (χ2n) is 5.08. The Labute approximate surface area is 124 Å². The number of non-ortho nitro benzene ring substituents is 1. The Morgan fingerprint density at radius 3 is 3.00 bits per heavy atom. The van der Waals surface area contributed by atoms with Crippen molar-refractivity contribution >= 4 is 5.69 Å². The standard InChI is InChI=1S/C14H21N3O4/c1-15-8-14-10-16(3-4-21-14)9-11-5-12(17(18)19)7-13(6-11)20-2/h5-7,14-15H,3-4,8-10H2,1-2H3. The van der Waals surface area contributed by atoms with Gasteiger partial charge < -0.3 is 14.8 Å². The lowest BCUT2D eigenvalue weighted by atomic mass is 10.1. The summed E-state index contributed by atoms with van der Waals surface area (Å²) in [5.74, 6) is 0.513. The summed E-state index contributed by atoms with van der Waals surface area (Å²) >= 11 is 0. The van der Waals surface area contributed by atoms with Crippen LogP contribution in [0.4, 0.5) is 5.69 Å². The molecule has 1 heterocycles. The molecule has 0 radical (unpaired) electrons. The van der Waals surface area contributed by atoms with Crippen LogP contribution < -0.4 is 10.1 Å². The number of rotatable bonds is 6. The highest BCUT2D eigenvalue weighted by molar-refractivity contribution is 5.42. The highest BCUT2D eigenvalue weighted by Crippen LogP contribution is 2.24. The number of nitrogens with zero attached hydrogens (tertiary/aromatic N) is 2. The van der Waals surface area contributed by atoms with E-state index in [0.29, 0.717) is 18.9 Å². The number of benzene rings is 1. The SMILES string of the molecule is CNCC1CN(Cc2cc(OC)cc([N+](=O)[O-])c2)CCO1. The number of nitro groups is 1. The predicted molar refractivity (Wildman–Crippen MR) is 78.6 cm³/mol. The van der Waals surface area contributed by atoms with Gasteiger partial charge in [0.25, 0.3) is 5.69 Å². The van der Waals surface area contributed by atoms with Gasteiger partial charge >= 0.3 is 0 Å². The van der Waals surface area contributed by atoms with Crippen molar-refractivity contribution in [2.45, 2.75) is 12.6 Å². The molecule has 21 heavy (non-hydrogen) atoms. The zero-order valence-electron chi connectivity index (χ0n) is 12.4.